The summed E-state index contributed by atoms with van der Waals surface area (Å²) in [6, 6.07) is 5.79. The van der Waals surface area contributed by atoms with Crippen LogP contribution in [0.5, 0.6) is 0 Å². The molecule has 1 heterocycles. The third-order valence-electron chi connectivity index (χ3n) is 5.00. The van der Waals surface area contributed by atoms with E-state index in [9.17, 15) is 4.39 Å². The van der Waals surface area contributed by atoms with Crippen LogP contribution in [0, 0.1) is 12.7 Å². The molecule has 1 fully saturated rings. The summed E-state index contributed by atoms with van der Waals surface area (Å²) in [6.45, 7) is 11.3. The Morgan fingerprint density at radius 3 is 2.52 bits per heavy atom. The van der Waals surface area contributed by atoms with E-state index in [1.54, 1.807) is 20.0 Å². The number of likely N-dealkylation sites (N-methyl/N-ethyl adjacent to an activating group) is 1. The second-order valence-electron chi connectivity index (χ2n) is 7.02. The highest BCUT2D eigenvalue weighted by atomic mass is 19.1. The number of guanidine groups is 1. The van der Waals surface area contributed by atoms with Crippen molar-refractivity contribution in [1.82, 2.24) is 20.4 Å². The Bertz CT molecular complexity index is 581. The van der Waals surface area contributed by atoms with Gasteiger partial charge < -0.3 is 15.5 Å². The maximum atomic E-state index is 13.8. The first-order chi connectivity index (χ1) is 11.9. The number of aryl methyl sites for hydroxylation is 1. The van der Waals surface area contributed by atoms with Crippen molar-refractivity contribution in [3.63, 3.8) is 0 Å². The highest BCUT2D eigenvalue weighted by Crippen LogP contribution is 2.16. The average molecular weight is 349 g/mol. The quantitative estimate of drug-likeness (QED) is 0.630. The van der Waals surface area contributed by atoms with E-state index in [4.69, 9.17) is 0 Å². The fourth-order valence-electron chi connectivity index (χ4n) is 3.00. The van der Waals surface area contributed by atoms with Crippen LogP contribution in [-0.2, 0) is 0 Å². The zero-order valence-electron chi connectivity index (χ0n) is 16.1. The van der Waals surface area contributed by atoms with Crippen LogP contribution in [0.4, 0.5) is 4.39 Å². The minimum atomic E-state index is -0.169. The molecule has 1 aromatic carbocycles. The van der Waals surface area contributed by atoms with Gasteiger partial charge in [0.25, 0.3) is 0 Å². The summed E-state index contributed by atoms with van der Waals surface area (Å²) in [7, 11) is 3.93. The van der Waals surface area contributed by atoms with Crippen molar-refractivity contribution in [3.05, 3.63) is 35.1 Å². The van der Waals surface area contributed by atoms with Gasteiger partial charge in [0.2, 0.25) is 0 Å². The molecule has 1 saturated heterocycles. The van der Waals surface area contributed by atoms with Gasteiger partial charge in [-0.3, -0.25) is 9.89 Å². The maximum Gasteiger partial charge on any atom is 0.191 e. The van der Waals surface area contributed by atoms with Gasteiger partial charge in [-0.05, 0) is 45.0 Å². The number of benzene rings is 1. The molecule has 2 rings (SSSR count). The largest absolute Gasteiger partial charge is 0.355 e. The van der Waals surface area contributed by atoms with Crippen LogP contribution in [0.15, 0.2) is 23.2 Å². The van der Waals surface area contributed by atoms with Crippen LogP contribution >= 0.6 is 0 Å². The molecule has 0 bridgehead atoms. The zero-order chi connectivity index (χ0) is 18.4. The van der Waals surface area contributed by atoms with E-state index in [-0.39, 0.29) is 11.9 Å². The second-order valence-corrected chi connectivity index (χ2v) is 7.02. The lowest BCUT2D eigenvalue weighted by Gasteiger charge is -2.36. The molecule has 0 spiro atoms. The average Bonchev–Trinajstić information content (AvgIpc) is 2.61. The molecule has 1 aliphatic rings. The number of hydrogen-bond donors (Lipinski definition) is 2. The molecular weight excluding hydrogens is 317 g/mol. The Labute approximate surface area is 151 Å². The fourth-order valence-corrected chi connectivity index (χ4v) is 3.00. The van der Waals surface area contributed by atoms with E-state index in [0.717, 1.165) is 44.2 Å². The van der Waals surface area contributed by atoms with Crippen molar-refractivity contribution >= 4 is 5.96 Å². The molecule has 0 amide bonds. The Hall–Kier alpha value is -1.66. The van der Waals surface area contributed by atoms with Crippen LogP contribution in [-0.4, -0.2) is 68.6 Å². The number of nitrogens with one attached hydrogen (secondary N) is 2. The summed E-state index contributed by atoms with van der Waals surface area (Å²) in [5.41, 5.74) is 1.58. The highest BCUT2D eigenvalue weighted by molar-refractivity contribution is 5.80. The first-order valence-electron chi connectivity index (χ1n) is 9.06. The SMILES string of the molecule is CN=C(NCC(C)N1CCN(C)CC1)NC(C)c1ccc(C)c(F)c1. The maximum absolute atomic E-state index is 13.8. The number of aliphatic imine (C=N–C) groups is 1. The van der Waals surface area contributed by atoms with Gasteiger partial charge in [0.15, 0.2) is 5.96 Å². The Kier molecular flexibility index (Phi) is 7.20. The summed E-state index contributed by atoms with van der Waals surface area (Å²) < 4.78 is 13.8. The van der Waals surface area contributed by atoms with Crippen molar-refractivity contribution in [2.24, 2.45) is 4.99 Å². The van der Waals surface area contributed by atoms with Gasteiger partial charge in [-0.25, -0.2) is 4.39 Å². The van der Waals surface area contributed by atoms with Crippen LogP contribution in [0.25, 0.3) is 0 Å². The van der Waals surface area contributed by atoms with Gasteiger partial charge in [0.1, 0.15) is 5.82 Å². The molecule has 2 unspecified atom stereocenters. The lowest BCUT2D eigenvalue weighted by Crippen LogP contribution is -2.52. The van der Waals surface area contributed by atoms with Crippen LogP contribution in [0.2, 0.25) is 0 Å². The molecule has 1 aliphatic heterocycles. The van der Waals surface area contributed by atoms with E-state index < -0.39 is 0 Å². The molecule has 5 nitrogen and oxygen atoms in total. The predicted octanol–water partition coefficient (Wildman–Crippen LogP) is 2.00. The smallest absolute Gasteiger partial charge is 0.191 e. The summed E-state index contributed by atoms with van der Waals surface area (Å²) in [5, 5.41) is 6.73. The summed E-state index contributed by atoms with van der Waals surface area (Å²) >= 11 is 0. The minimum Gasteiger partial charge on any atom is -0.355 e. The Balaban J connectivity index is 1.84. The van der Waals surface area contributed by atoms with Gasteiger partial charge in [-0.2, -0.15) is 0 Å². The van der Waals surface area contributed by atoms with Gasteiger partial charge in [-0.15, -0.1) is 0 Å². The molecule has 140 valence electrons. The van der Waals surface area contributed by atoms with E-state index in [0.29, 0.717) is 11.6 Å². The minimum absolute atomic E-state index is 0.0137. The van der Waals surface area contributed by atoms with Crippen molar-refractivity contribution in [3.8, 4) is 0 Å². The van der Waals surface area contributed by atoms with Gasteiger partial charge in [0.05, 0.1) is 6.04 Å². The van der Waals surface area contributed by atoms with Crippen molar-refractivity contribution in [2.45, 2.75) is 32.9 Å². The monoisotopic (exact) mass is 349 g/mol. The number of piperazine rings is 1. The first-order valence-corrected chi connectivity index (χ1v) is 9.06. The zero-order valence-corrected chi connectivity index (χ0v) is 16.1. The van der Waals surface area contributed by atoms with E-state index in [1.807, 2.05) is 19.1 Å². The standard InChI is InChI=1S/C19H32FN5/c1-14-6-7-17(12-18(14)20)16(3)23-19(21-4)22-13-15(2)25-10-8-24(5)9-11-25/h6-7,12,15-16H,8-11,13H2,1-5H3,(H2,21,22,23). The van der Waals surface area contributed by atoms with E-state index in [1.165, 1.54) is 0 Å². The molecule has 6 heteroatoms. The first kappa shape index (κ1) is 19.7. The number of nitrogens with zero attached hydrogens (tertiary/aromatic N) is 3. The van der Waals surface area contributed by atoms with Crippen LogP contribution in [0.3, 0.4) is 0 Å². The summed E-state index contributed by atoms with van der Waals surface area (Å²) in [4.78, 5) is 9.16. The van der Waals surface area contributed by atoms with Gasteiger partial charge in [0, 0.05) is 45.8 Å². The van der Waals surface area contributed by atoms with Crippen LogP contribution in [0.1, 0.15) is 31.0 Å². The number of halogens is 1. The molecular formula is C19H32FN5. The van der Waals surface area contributed by atoms with Gasteiger partial charge >= 0.3 is 0 Å². The molecule has 0 radical (unpaired) electrons. The third kappa shape index (κ3) is 5.68. The van der Waals surface area contributed by atoms with E-state index >= 15 is 0 Å². The normalized spacial score (nSPS) is 19.5. The lowest BCUT2D eigenvalue weighted by molar-refractivity contribution is 0.120. The second kappa shape index (κ2) is 9.15. The number of rotatable bonds is 5. The Morgan fingerprint density at radius 1 is 1.24 bits per heavy atom. The van der Waals surface area contributed by atoms with E-state index in [2.05, 4.69) is 39.4 Å². The molecule has 1 aromatic rings. The highest BCUT2D eigenvalue weighted by Gasteiger charge is 2.19. The lowest BCUT2D eigenvalue weighted by atomic mass is 10.1. The summed E-state index contributed by atoms with van der Waals surface area (Å²) in [5.74, 6) is 0.576. The topological polar surface area (TPSA) is 42.9 Å². The number of hydrogen-bond acceptors (Lipinski definition) is 3. The molecule has 0 aliphatic carbocycles. The molecule has 2 N–H and O–H groups in total. The fraction of sp³-hybridized carbons (Fsp3) is 0.632. The van der Waals surface area contributed by atoms with Crippen molar-refractivity contribution in [2.75, 3.05) is 46.8 Å². The molecule has 2 atom stereocenters. The third-order valence-corrected chi connectivity index (χ3v) is 5.00. The van der Waals surface area contributed by atoms with Gasteiger partial charge in [-0.1, -0.05) is 12.1 Å². The Morgan fingerprint density at radius 2 is 1.92 bits per heavy atom. The predicted molar refractivity (Wildman–Crippen MR) is 103 cm³/mol. The van der Waals surface area contributed by atoms with Crippen LogP contribution < -0.4 is 10.6 Å². The molecule has 0 aromatic heterocycles. The molecule has 25 heavy (non-hydrogen) atoms. The van der Waals surface area contributed by atoms with Crippen molar-refractivity contribution < 1.29 is 4.39 Å². The molecule has 0 saturated carbocycles. The van der Waals surface area contributed by atoms with Crippen molar-refractivity contribution in [1.29, 1.82) is 0 Å². The summed E-state index contributed by atoms with van der Waals surface area (Å²) in [6.07, 6.45) is 0.